The Morgan fingerprint density at radius 3 is 2.60 bits per heavy atom. The number of carbonyl (C=O) groups excluding carboxylic acids is 1. The zero-order valence-corrected chi connectivity index (χ0v) is 14.5. The molecule has 2 aromatic carbocycles. The molecule has 1 aromatic heterocycles. The van der Waals surface area contributed by atoms with Gasteiger partial charge in [0.25, 0.3) is 5.91 Å². The van der Waals surface area contributed by atoms with Crippen LogP contribution >= 0.6 is 0 Å². The Bertz CT molecular complexity index is 955. The van der Waals surface area contributed by atoms with Gasteiger partial charge in [-0.1, -0.05) is 18.2 Å². The van der Waals surface area contributed by atoms with Crippen LogP contribution in [0.4, 0.5) is 0 Å². The van der Waals surface area contributed by atoms with Gasteiger partial charge in [0.1, 0.15) is 11.5 Å². The Labute approximate surface area is 147 Å². The van der Waals surface area contributed by atoms with Gasteiger partial charge in [-0.15, -0.1) is 0 Å². The van der Waals surface area contributed by atoms with Crippen LogP contribution in [0.15, 0.2) is 42.5 Å². The molecule has 0 aliphatic heterocycles. The Morgan fingerprint density at radius 1 is 1.00 bits per heavy atom. The number of methoxy groups -OCH3 is 2. The highest BCUT2D eigenvalue weighted by molar-refractivity contribution is 6.05. The first-order chi connectivity index (χ1) is 12.2. The third kappa shape index (κ3) is 2.49. The number of fused-ring (bicyclic) bond motifs is 3. The number of rotatable bonds is 3. The summed E-state index contributed by atoms with van der Waals surface area (Å²) < 4.78 is 12.6. The highest BCUT2D eigenvalue weighted by Crippen LogP contribution is 2.34. The van der Waals surface area contributed by atoms with E-state index in [9.17, 15) is 4.79 Å². The third-order valence-electron chi connectivity index (χ3n) is 5.02. The SMILES string of the molecule is COc1ccc(C(=O)n2c3c(c4ccccc42)CCCC3)c(OC)c1. The van der Waals surface area contributed by atoms with E-state index in [0.29, 0.717) is 17.1 Å². The van der Waals surface area contributed by atoms with Crippen molar-refractivity contribution in [1.29, 1.82) is 0 Å². The third-order valence-corrected chi connectivity index (χ3v) is 5.02. The van der Waals surface area contributed by atoms with Gasteiger partial charge in [-0.05, 0) is 49.4 Å². The van der Waals surface area contributed by atoms with E-state index in [1.54, 1.807) is 32.4 Å². The Balaban J connectivity index is 1.92. The smallest absolute Gasteiger partial charge is 0.266 e. The molecule has 1 aliphatic rings. The summed E-state index contributed by atoms with van der Waals surface area (Å²) in [7, 11) is 3.18. The van der Waals surface area contributed by atoms with Crippen molar-refractivity contribution in [1.82, 2.24) is 4.57 Å². The van der Waals surface area contributed by atoms with E-state index >= 15 is 0 Å². The molecule has 25 heavy (non-hydrogen) atoms. The van der Waals surface area contributed by atoms with Gasteiger partial charge < -0.3 is 9.47 Å². The van der Waals surface area contributed by atoms with E-state index in [0.717, 1.165) is 30.5 Å². The normalized spacial score (nSPS) is 13.5. The van der Waals surface area contributed by atoms with Gasteiger partial charge in [0.2, 0.25) is 0 Å². The number of aryl methyl sites for hydroxylation is 1. The zero-order valence-electron chi connectivity index (χ0n) is 14.5. The molecule has 1 heterocycles. The van der Waals surface area contributed by atoms with Crippen LogP contribution in [0, 0.1) is 0 Å². The van der Waals surface area contributed by atoms with Crippen LogP contribution in [0.3, 0.4) is 0 Å². The minimum absolute atomic E-state index is 0.0427. The monoisotopic (exact) mass is 335 g/mol. The average Bonchev–Trinajstić information content (AvgIpc) is 3.01. The van der Waals surface area contributed by atoms with Crippen LogP contribution in [0.2, 0.25) is 0 Å². The van der Waals surface area contributed by atoms with Crippen molar-refractivity contribution < 1.29 is 14.3 Å². The lowest BCUT2D eigenvalue weighted by molar-refractivity contribution is 0.0958. The first-order valence-corrected chi connectivity index (χ1v) is 8.62. The molecule has 0 spiro atoms. The van der Waals surface area contributed by atoms with Gasteiger partial charge in [0, 0.05) is 17.1 Å². The second-order valence-corrected chi connectivity index (χ2v) is 6.36. The number of carbonyl (C=O) groups is 1. The van der Waals surface area contributed by atoms with E-state index in [1.807, 2.05) is 22.8 Å². The quantitative estimate of drug-likeness (QED) is 0.719. The molecule has 0 fully saturated rings. The van der Waals surface area contributed by atoms with Gasteiger partial charge >= 0.3 is 0 Å². The van der Waals surface area contributed by atoms with Crippen LogP contribution in [-0.4, -0.2) is 24.7 Å². The first kappa shape index (κ1) is 15.8. The van der Waals surface area contributed by atoms with E-state index in [-0.39, 0.29) is 5.91 Å². The van der Waals surface area contributed by atoms with Crippen LogP contribution in [0.5, 0.6) is 11.5 Å². The summed E-state index contributed by atoms with van der Waals surface area (Å²) in [5.41, 5.74) is 4.01. The Hall–Kier alpha value is -2.75. The molecule has 4 heteroatoms. The second kappa shape index (κ2) is 6.28. The minimum atomic E-state index is -0.0427. The van der Waals surface area contributed by atoms with Crippen molar-refractivity contribution in [2.75, 3.05) is 14.2 Å². The van der Waals surface area contributed by atoms with Crippen molar-refractivity contribution in [3.8, 4) is 11.5 Å². The van der Waals surface area contributed by atoms with Crippen LogP contribution in [-0.2, 0) is 12.8 Å². The fourth-order valence-corrected chi connectivity index (χ4v) is 3.82. The van der Waals surface area contributed by atoms with Crippen molar-refractivity contribution >= 4 is 16.8 Å². The predicted molar refractivity (Wildman–Crippen MR) is 97.9 cm³/mol. The fraction of sp³-hybridized carbons (Fsp3) is 0.286. The molecule has 1 aliphatic carbocycles. The molecule has 0 atom stereocenters. The number of benzene rings is 2. The van der Waals surface area contributed by atoms with Crippen LogP contribution < -0.4 is 9.47 Å². The summed E-state index contributed by atoms with van der Waals surface area (Å²) in [6.45, 7) is 0. The van der Waals surface area contributed by atoms with E-state index in [4.69, 9.17) is 9.47 Å². The molecular formula is C21H21NO3. The summed E-state index contributed by atoms with van der Waals surface area (Å²) in [4.78, 5) is 13.4. The minimum Gasteiger partial charge on any atom is -0.497 e. The van der Waals surface area contributed by atoms with Crippen molar-refractivity contribution in [3.05, 3.63) is 59.3 Å². The molecule has 0 unspecified atom stereocenters. The standard InChI is InChI=1S/C21H21NO3/c1-24-14-11-12-17(20(13-14)25-2)21(23)22-18-9-5-3-7-15(18)16-8-4-6-10-19(16)22/h3,5,7,9,11-13H,4,6,8,10H2,1-2H3. The highest BCUT2D eigenvalue weighted by Gasteiger charge is 2.25. The van der Waals surface area contributed by atoms with Crippen molar-refractivity contribution in [2.45, 2.75) is 25.7 Å². The molecule has 3 aromatic rings. The summed E-state index contributed by atoms with van der Waals surface area (Å²) >= 11 is 0. The van der Waals surface area contributed by atoms with Gasteiger partial charge in [-0.3, -0.25) is 9.36 Å². The summed E-state index contributed by atoms with van der Waals surface area (Å²) in [6.07, 6.45) is 4.28. The van der Waals surface area contributed by atoms with E-state index in [2.05, 4.69) is 6.07 Å². The van der Waals surface area contributed by atoms with Crippen LogP contribution in [0.1, 0.15) is 34.5 Å². The molecule has 0 saturated carbocycles. The maximum atomic E-state index is 13.4. The second-order valence-electron chi connectivity index (χ2n) is 6.36. The zero-order chi connectivity index (χ0) is 17.4. The lowest BCUT2D eigenvalue weighted by Gasteiger charge is -2.16. The molecule has 0 bridgehead atoms. The summed E-state index contributed by atoms with van der Waals surface area (Å²) in [6, 6.07) is 13.5. The number of ether oxygens (including phenoxy) is 2. The number of nitrogens with zero attached hydrogens (tertiary/aromatic N) is 1. The largest absolute Gasteiger partial charge is 0.497 e. The fourth-order valence-electron chi connectivity index (χ4n) is 3.82. The first-order valence-electron chi connectivity index (χ1n) is 8.62. The molecule has 128 valence electrons. The Kier molecular flexibility index (Phi) is 3.96. The molecule has 4 rings (SSSR count). The van der Waals surface area contributed by atoms with Crippen LogP contribution in [0.25, 0.3) is 10.9 Å². The maximum Gasteiger partial charge on any atom is 0.266 e. The maximum absolute atomic E-state index is 13.4. The van der Waals surface area contributed by atoms with Crippen molar-refractivity contribution in [2.24, 2.45) is 0 Å². The van der Waals surface area contributed by atoms with Crippen molar-refractivity contribution in [3.63, 3.8) is 0 Å². The Morgan fingerprint density at radius 2 is 1.80 bits per heavy atom. The number of aromatic nitrogens is 1. The number of para-hydroxylation sites is 1. The summed E-state index contributed by atoms with van der Waals surface area (Å²) in [5.74, 6) is 1.17. The van der Waals surface area contributed by atoms with E-state index in [1.165, 1.54) is 17.4 Å². The molecular weight excluding hydrogens is 314 g/mol. The van der Waals surface area contributed by atoms with Gasteiger partial charge in [-0.25, -0.2) is 0 Å². The molecule has 4 nitrogen and oxygen atoms in total. The number of hydrogen-bond donors (Lipinski definition) is 0. The van der Waals surface area contributed by atoms with Gasteiger partial charge in [0.05, 0.1) is 25.3 Å². The number of hydrogen-bond acceptors (Lipinski definition) is 3. The topological polar surface area (TPSA) is 40.5 Å². The average molecular weight is 335 g/mol. The lowest BCUT2D eigenvalue weighted by atomic mass is 9.95. The summed E-state index contributed by atoms with van der Waals surface area (Å²) in [5, 5.41) is 1.19. The van der Waals surface area contributed by atoms with Gasteiger partial charge in [-0.2, -0.15) is 0 Å². The molecule has 0 N–H and O–H groups in total. The molecule has 0 radical (unpaired) electrons. The van der Waals surface area contributed by atoms with E-state index < -0.39 is 0 Å². The molecule has 0 saturated heterocycles. The lowest BCUT2D eigenvalue weighted by Crippen LogP contribution is -2.18. The predicted octanol–water partition coefficient (Wildman–Crippen LogP) is 4.23. The molecule has 0 amide bonds. The van der Waals surface area contributed by atoms with Gasteiger partial charge in [0.15, 0.2) is 0 Å². The highest BCUT2D eigenvalue weighted by atomic mass is 16.5.